The smallest absolute Gasteiger partial charge is 0.407 e. The van der Waals surface area contributed by atoms with Crippen molar-refractivity contribution in [3.8, 4) is 0 Å². The van der Waals surface area contributed by atoms with Crippen LogP contribution in [-0.4, -0.2) is 41.0 Å². The van der Waals surface area contributed by atoms with E-state index >= 15 is 0 Å². The van der Waals surface area contributed by atoms with E-state index in [1.807, 2.05) is 87.5 Å². The number of carbonyl (C=O) groups is 3. The summed E-state index contributed by atoms with van der Waals surface area (Å²) in [6, 6.07) is 23.6. The molecular weight excluding hydrogens is 560 g/mol. The second kappa shape index (κ2) is 12.6. The van der Waals surface area contributed by atoms with Crippen LogP contribution in [-0.2, 0) is 27.4 Å². The molecule has 1 saturated carbocycles. The van der Waals surface area contributed by atoms with Gasteiger partial charge in [-0.1, -0.05) is 82.7 Å². The maximum absolute atomic E-state index is 13.7. The van der Waals surface area contributed by atoms with Crippen LogP contribution in [0.2, 0.25) is 0 Å². The Balaban J connectivity index is 1.45. The van der Waals surface area contributed by atoms with Gasteiger partial charge < -0.3 is 10.1 Å². The first kappa shape index (κ1) is 28.5. The third kappa shape index (κ3) is 8.25. The van der Waals surface area contributed by atoms with E-state index in [2.05, 4.69) is 21.2 Å². The topological polar surface area (TPSA) is 84.9 Å². The van der Waals surface area contributed by atoms with Gasteiger partial charge in [0.25, 0.3) is 0 Å². The summed E-state index contributed by atoms with van der Waals surface area (Å²) in [5, 5.41) is 4.02. The number of ketones is 1. The molecule has 39 heavy (non-hydrogen) atoms. The number of amides is 2. The molecule has 1 fully saturated rings. The Kier molecular flexibility index (Phi) is 9.20. The second-order valence-corrected chi connectivity index (χ2v) is 11.6. The quantitative estimate of drug-likeness (QED) is 0.162. The zero-order valence-corrected chi connectivity index (χ0v) is 23.9. The van der Waals surface area contributed by atoms with Crippen molar-refractivity contribution < 1.29 is 24.0 Å². The maximum atomic E-state index is 13.7. The van der Waals surface area contributed by atoms with Gasteiger partial charge in [0.1, 0.15) is 18.2 Å². The molecule has 0 saturated heterocycles. The van der Waals surface area contributed by atoms with Crippen LogP contribution in [0.4, 0.5) is 4.79 Å². The number of Topliss-reactive ketones (excluding diaryl/α,β-unsaturated/α-hetero) is 1. The standard InChI is InChI=1S/C31H33BrN2O5/c1-31(2,3)39-30(37)33-27-18-26(27)23-11-13-24(14-12-23)29(36)28(17-21-7-5-4-6-8-21)34(20-35)38-19-22-9-15-25(32)16-10-22/h4-16,20,26-28H,17-19H2,1-3H3,(H,33,37)/t26?,27?,28-/m0/s1. The molecule has 7 nitrogen and oxygen atoms in total. The highest BCUT2D eigenvalue weighted by atomic mass is 79.9. The Morgan fingerprint density at radius 1 is 1.00 bits per heavy atom. The molecule has 2 amide bonds. The van der Waals surface area contributed by atoms with Gasteiger partial charge in [0.2, 0.25) is 6.41 Å². The SMILES string of the molecule is CC(C)(C)OC(=O)NC1CC1c1ccc(C(=O)[C@H](Cc2ccccc2)N(C=O)OCc2ccc(Br)cc2)cc1. The van der Waals surface area contributed by atoms with Gasteiger partial charge in [0.05, 0.1) is 0 Å². The molecule has 2 unspecified atom stereocenters. The molecule has 1 aliphatic rings. The molecule has 0 aliphatic heterocycles. The van der Waals surface area contributed by atoms with Crippen LogP contribution in [0, 0.1) is 0 Å². The molecule has 204 valence electrons. The largest absolute Gasteiger partial charge is 0.444 e. The normalized spacial score (nSPS) is 17.1. The van der Waals surface area contributed by atoms with Gasteiger partial charge in [0, 0.05) is 28.4 Å². The summed E-state index contributed by atoms with van der Waals surface area (Å²) in [7, 11) is 0. The number of nitrogens with one attached hydrogen (secondary N) is 1. The zero-order valence-electron chi connectivity index (χ0n) is 22.3. The van der Waals surface area contributed by atoms with E-state index in [1.165, 1.54) is 0 Å². The molecule has 8 heteroatoms. The van der Waals surface area contributed by atoms with Crippen molar-refractivity contribution in [3.05, 3.63) is 106 Å². The van der Waals surface area contributed by atoms with Gasteiger partial charge in [-0.05, 0) is 56.0 Å². The summed E-state index contributed by atoms with van der Waals surface area (Å²) < 4.78 is 6.28. The number of nitrogens with zero attached hydrogens (tertiary/aromatic N) is 1. The first-order valence-electron chi connectivity index (χ1n) is 12.9. The lowest BCUT2D eigenvalue weighted by molar-refractivity contribution is -0.186. The summed E-state index contributed by atoms with van der Waals surface area (Å²) in [5.41, 5.74) is 2.76. The molecule has 0 heterocycles. The van der Waals surface area contributed by atoms with Crippen molar-refractivity contribution in [2.75, 3.05) is 0 Å². The number of ether oxygens (including phenoxy) is 1. The van der Waals surface area contributed by atoms with Gasteiger partial charge in [0.15, 0.2) is 5.78 Å². The van der Waals surface area contributed by atoms with Crippen LogP contribution >= 0.6 is 15.9 Å². The van der Waals surface area contributed by atoms with E-state index in [9.17, 15) is 14.4 Å². The Hall–Kier alpha value is -3.49. The first-order chi connectivity index (χ1) is 18.6. The maximum Gasteiger partial charge on any atom is 0.407 e. The lowest BCUT2D eigenvalue weighted by Gasteiger charge is -2.26. The average Bonchev–Trinajstić information content (AvgIpc) is 3.67. The summed E-state index contributed by atoms with van der Waals surface area (Å²) >= 11 is 3.41. The third-order valence-corrected chi connectivity index (χ3v) is 6.92. The predicted molar refractivity (Wildman–Crippen MR) is 152 cm³/mol. The summed E-state index contributed by atoms with van der Waals surface area (Å²) in [5.74, 6) is -0.0463. The number of benzene rings is 3. The van der Waals surface area contributed by atoms with E-state index in [1.54, 1.807) is 12.1 Å². The van der Waals surface area contributed by atoms with Crippen molar-refractivity contribution in [1.29, 1.82) is 0 Å². The fourth-order valence-corrected chi connectivity index (χ4v) is 4.59. The van der Waals surface area contributed by atoms with Crippen LogP contribution in [0.25, 0.3) is 0 Å². The van der Waals surface area contributed by atoms with E-state index in [0.29, 0.717) is 18.4 Å². The van der Waals surface area contributed by atoms with Gasteiger partial charge in [-0.25, -0.2) is 9.86 Å². The fourth-order valence-electron chi connectivity index (χ4n) is 4.33. The van der Waals surface area contributed by atoms with Crippen LogP contribution in [0.5, 0.6) is 0 Å². The van der Waals surface area contributed by atoms with Crippen molar-refractivity contribution in [2.24, 2.45) is 0 Å². The van der Waals surface area contributed by atoms with E-state index in [0.717, 1.165) is 32.6 Å². The molecule has 0 spiro atoms. The van der Waals surface area contributed by atoms with Gasteiger partial charge in [-0.2, -0.15) is 0 Å². The fraction of sp³-hybridized carbons (Fsp3) is 0.323. The number of alkyl carbamates (subject to hydrolysis) is 1. The van der Waals surface area contributed by atoms with Gasteiger partial charge >= 0.3 is 6.09 Å². The predicted octanol–water partition coefficient (Wildman–Crippen LogP) is 6.21. The minimum atomic E-state index is -0.839. The Labute approximate surface area is 237 Å². The van der Waals surface area contributed by atoms with E-state index < -0.39 is 17.7 Å². The minimum Gasteiger partial charge on any atom is -0.444 e. The van der Waals surface area contributed by atoms with Crippen LogP contribution in [0.3, 0.4) is 0 Å². The molecule has 1 N–H and O–H groups in total. The Morgan fingerprint density at radius 3 is 2.28 bits per heavy atom. The number of hydroxylamine groups is 2. The average molecular weight is 594 g/mol. The minimum absolute atomic E-state index is 0.00444. The summed E-state index contributed by atoms with van der Waals surface area (Å²) in [4.78, 5) is 43.7. The molecule has 3 atom stereocenters. The Bertz CT molecular complexity index is 1270. The van der Waals surface area contributed by atoms with Crippen molar-refractivity contribution >= 4 is 34.2 Å². The van der Waals surface area contributed by atoms with Crippen molar-refractivity contribution in [2.45, 2.75) is 63.8 Å². The highest BCUT2D eigenvalue weighted by Gasteiger charge is 2.40. The molecule has 3 aromatic carbocycles. The van der Waals surface area contributed by atoms with Crippen LogP contribution in [0.15, 0.2) is 83.3 Å². The molecule has 3 aromatic rings. The highest BCUT2D eigenvalue weighted by molar-refractivity contribution is 9.10. The number of hydrogen-bond donors (Lipinski definition) is 1. The van der Waals surface area contributed by atoms with E-state index in [4.69, 9.17) is 9.57 Å². The van der Waals surface area contributed by atoms with Crippen molar-refractivity contribution in [3.63, 3.8) is 0 Å². The van der Waals surface area contributed by atoms with Crippen LogP contribution in [0.1, 0.15) is 60.2 Å². The summed E-state index contributed by atoms with van der Waals surface area (Å²) in [6.07, 6.45) is 1.26. The molecule has 0 aromatic heterocycles. The molecule has 0 radical (unpaired) electrons. The van der Waals surface area contributed by atoms with Crippen LogP contribution < -0.4 is 5.32 Å². The monoisotopic (exact) mass is 592 g/mol. The number of hydrogen-bond acceptors (Lipinski definition) is 5. The molecule has 0 bridgehead atoms. The van der Waals surface area contributed by atoms with Crippen molar-refractivity contribution in [1.82, 2.24) is 10.4 Å². The second-order valence-electron chi connectivity index (χ2n) is 10.7. The molecule has 1 aliphatic carbocycles. The summed E-state index contributed by atoms with van der Waals surface area (Å²) in [6.45, 7) is 5.64. The molecular formula is C31H33BrN2O5. The lowest BCUT2D eigenvalue weighted by Crippen LogP contribution is -2.42. The zero-order chi connectivity index (χ0) is 28.0. The lowest BCUT2D eigenvalue weighted by atomic mass is 9.96. The number of halogens is 1. The highest BCUT2D eigenvalue weighted by Crippen LogP contribution is 2.41. The third-order valence-electron chi connectivity index (χ3n) is 6.40. The first-order valence-corrected chi connectivity index (χ1v) is 13.7. The Morgan fingerprint density at radius 2 is 1.67 bits per heavy atom. The molecule has 4 rings (SSSR count). The number of carbonyl (C=O) groups excluding carboxylic acids is 3. The number of rotatable bonds is 11. The van der Waals surface area contributed by atoms with Gasteiger partial charge in [-0.3, -0.25) is 14.4 Å². The van der Waals surface area contributed by atoms with E-state index in [-0.39, 0.29) is 24.3 Å². The van der Waals surface area contributed by atoms with Gasteiger partial charge in [-0.15, -0.1) is 0 Å².